The van der Waals surface area contributed by atoms with Crippen LogP contribution in [0, 0.1) is 16.7 Å². The summed E-state index contributed by atoms with van der Waals surface area (Å²) in [6.45, 7) is 9.73. The maximum absolute atomic E-state index is 9.40. The summed E-state index contributed by atoms with van der Waals surface area (Å²) >= 11 is 0. The molecule has 1 saturated carbocycles. The highest BCUT2D eigenvalue weighted by molar-refractivity contribution is 5.05. The number of likely N-dealkylation sites (tertiary alicyclic amines) is 1. The normalized spacial score (nSPS) is 27.1. The molecular weight excluding hydrogens is 246 g/mol. The van der Waals surface area contributed by atoms with Crippen molar-refractivity contribution in [3.8, 4) is 6.07 Å². The summed E-state index contributed by atoms with van der Waals surface area (Å²) in [5, 5.41) is 12.7. The van der Waals surface area contributed by atoms with Gasteiger partial charge in [0, 0.05) is 6.04 Å². The third-order valence-electron chi connectivity index (χ3n) is 5.66. The van der Waals surface area contributed by atoms with Crippen molar-refractivity contribution in [2.24, 2.45) is 5.41 Å². The third-order valence-corrected chi connectivity index (χ3v) is 5.66. The van der Waals surface area contributed by atoms with Crippen LogP contribution in [0.4, 0.5) is 0 Å². The van der Waals surface area contributed by atoms with Crippen molar-refractivity contribution in [3.05, 3.63) is 0 Å². The van der Waals surface area contributed by atoms with Crippen LogP contribution in [0.25, 0.3) is 0 Å². The molecule has 0 amide bonds. The van der Waals surface area contributed by atoms with Crippen molar-refractivity contribution in [2.75, 3.05) is 19.6 Å². The second-order valence-corrected chi connectivity index (χ2v) is 7.27. The lowest BCUT2D eigenvalue weighted by Crippen LogP contribution is -2.49. The van der Waals surface area contributed by atoms with Crippen LogP contribution in [0.3, 0.4) is 0 Å². The summed E-state index contributed by atoms with van der Waals surface area (Å²) in [4.78, 5) is 2.61. The Labute approximate surface area is 124 Å². The van der Waals surface area contributed by atoms with Gasteiger partial charge in [0.15, 0.2) is 0 Å². The summed E-state index contributed by atoms with van der Waals surface area (Å²) in [6.07, 6.45) is 9.49. The van der Waals surface area contributed by atoms with E-state index in [-0.39, 0.29) is 5.54 Å². The highest BCUT2D eigenvalue weighted by Gasteiger charge is 2.38. The monoisotopic (exact) mass is 277 g/mol. The van der Waals surface area contributed by atoms with Crippen LogP contribution in [-0.4, -0.2) is 36.1 Å². The number of hydrogen-bond acceptors (Lipinski definition) is 3. The molecule has 2 rings (SSSR count). The van der Waals surface area contributed by atoms with Gasteiger partial charge in [-0.3, -0.25) is 5.32 Å². The number of hydrogen-bond donors (Lipinski definition) is 1. The Morgan fingerprint density at radius 3 is 2.35 bits per heavy atom. The summed E-state index contributed by atoms with van der Waals surface area (Å²) in [7, 11) is 0. The molecule has 2 aliphatic rings. The predicted octanol–water partition coefficient (Wildman–Crippen LogP) is 3.31. The van der Waals surface area contributed by atoms with Gasteiger partial charge >= 0.3 is 0 Å². The Morgan fingerprint density at radius 1 is 1.25 bits per heavy atom. The second kappa shape index (κ2) is 6.45. The Hall–Kier alpha value is -0.590. The number of piperidine rings is 1. The van der Waals surface area contributed by atoms with Crippen LogP contribution in [0.1, 0.15) is 65.7 Å². The van der Waals surface area contributed by atoms with E-state index in [0.29, 0.717) is 11.5 Å². The molecule has 114 valence electrons. The van der Waals surface area contributed by atoms with Gasteiger partial charge in [0.1, 0.15) is 5.54 Å². The molecule has 1 spiro atoms. The van der Waals surface area contributed by atoms with Crippen LogP contribution >= 0.6 is 0 Å². The molecule has 2 unspecified atom stereocenters. The van der Waals surface area contributed by atoms with Crippen LogP contribution in [0.5, 0.6) is 0 Å². The van der Waals surface area contributed by atoms with E-state index in [1.54, 1.807) is 0 Å². The highest BCUT2D eigenvalue weighted by Crippen LogP contribution is 2.46. The maximum Gasteiger partial charge on any atom is 0.105 e. The molecule has 2 atom stereocenters. The molecular formula is C17H31N3. The van der Waals surface area contributed by atoms with E-state index in [9.17, 15) is 5.26 Å². The average Bonchev–Trinajstić information content (AvgIpc) is 2.88. The van der Waals surface area contributed by atoms with Gasteiger partial charge in [0.05, 0.1) is 6.07 Å². The van der Waals surface area contributed by atoms with Gasteiger partial charge in [-0.25, -0.2) is 0 Å². The zero-order chi connectivity index (χ0) is 14.6. The van der Waals surface area contributed by atoms with Crippen LogP contribution in [-0.2, 0) is 0 Å². The van der Waals surface area contributed by atoms with E-state index in [0.717, 1.165) is 13.0 Å². The Balaban J connectivity index is 1.85. The zero-order valence-electron chi connectivity index (χ0n) is 13.5. The summed E-state index contributed by atoms with van der Waals surface area (Å²) in [5.41, 5.74) is 0.313. The summed E-state index contributed by atoms with van der Waals surface area (Å²) in [6, 6.07) is 2.96. The minimum absolute atomic E-state index is 0.378. The molecule has 2 fully saturated rings. The smallest absolute Gasteiger partial charge is 0.105 e. The topological polar surface area (TPSA) is 39.1 Å². The summed E-state index contributed by atoms with van der Waals surface area (Å²) in [5.74, 6) is 0. The van der Waals surface area contributed by atoms with Crippen LogP contribution in [0.2, 0.25) is 0 Å². The third kappa shape index (κ3) is 3.54. The molecule has 0 aromatic heterocycles. The first-order chi connectivity index (χ1) is 9.52. The van der Waals surface area contributed by atoms with E-state index in [4.69, 9.17) is 0 Å². The SMILES string of the molecule is CCNC(C)(C#N)CC(C)N1CCC2(CCCC2)CC1. The minimum Gasteiger partial charge on any atom is -0.301 e. The highest BCUT2D eigenvalue weighted by atomic mass is 15.2. The lowest BCUT2D eigenvalue weighted by Gasteiger charge is -2.43. The molecule has 1 heterocycles. The van der Waals surface area contributed by atoms with Gasteiger partial charge in [-0.15, -0.1) is 0 Å². The maximum atomic E-state index is 9.40. The first kappa shape index (κ1) is 15.8. The second-order valence-electron chi connectivity index (χ2n) is 7.27. The summed E-state index contributed by atoms with van der Waals surface area (Å²) < 4.78 is 0. The van der Waals surface area contributed by atoms with E-state index in [1.807, 2.05) is 6.92 Å². The van der Waals surface area contributed by atoms with E-state index >= 15 is 0 Å². The first-order valence-corrected chi connectivity index (χ1v) is 8.43. The Morgan fingerprint density at radius 2 is 1.85 bits per heavy atom. The lowest BCUT2D eigenvalue weighted by atomic mass is 9.76. The van der Waals surface area contributed by atoms with Gasteiger partial charge in [0.25, 0.3) is 0 Å². The number of rotatable bonds is 5. The average molecular weight is 277 g/mol. The molecule has 3 heteroatoms. The molecule has 1 saturated heterocycles. The molecule has 1 aliphatic carbocycles. The minimum atomic E-state index is -0.378. The number of nitrogens with one attached hydrogen (secondary N) is 1. The molecule has 1 N–H and O–H groups in total. The fourth-order valence-corrected chi connectivity index (χ4v) is 4.33. The molecule has 3 nitrogen and oxygen atoms in total. The van der Waals surface area contributed by atoms with Gasteiger partial charge in [0.2, 0.25) is 0 Å². The lowest BCUT2D eigenvalue weighted by molar-refractivity contribution is 0.0719. The van der Waals surface area contributed by atoms with Gasteiger partial charge < -0.3 is 4.90 Å². The van der Waals surface area contributed by atoms with Crippen molar-refractivity contribution in [1.29, 1.82) is 5.26 Å². The largest absolute Gasteiger partial charge is 0.301 e. The molecule has 0 aromatic rings. The molecule has 0 aromatic carbocycles. The fourth-order valence-electron chi connectivity index (χ4n) is 4.33. The first-order valence-electron chi connectivity index (χ1n) is 8.43. The van der Waals surface area contributed by atoms with Crippen molar-refractivity contribution in [1.82, 2.24) is 10.2 Å². The Bertz CT molecular complexity index is 344. The van der Waals surface area contributed by atoms with Gasteiger partial charge in [-0.2, -0.15) is 5.26 Å². The Kier molecular flexibility index (Phi) is 5.09. The van der Waals surface area contributed by atoms with Crippen molar-refractivity contribution in [3.63, 3.8) is 0 Å². The predicted molar refractivity (Wildman–Crippen MR) is 83.5 cm³/mol. The molecule has 0 radical (unpaired) electrons. The van der Waals surface area contributed by atoms with E-state index in [1.165, 1.54) is 51.6 Å². The fraction of sp³-hybridized carbons (Fsp3) is 0.941. The van der Waals surface area contributed by atoms with Gasteiger partial charge in [-0.1, -0.05) is 19.8 Å². The molecule has 1 aliphatic heterocycles. The van der Waals surface area contributed by atoms with E-state index in [2.05, 4.69) is 30.1 Å². The number of nitriles is 1. The number of nitrogens with zero attached hydrogens (tertiary/aromatic N) is 2. The van der Waals surface area contributed by atoms with Crippen molar-refractivity contribution >= 4 is 0 Å². The zero-order valence-corrected chi connectivity index (χ0v) is 13.5. The van der Waals surface area contributed by atoms with Crippen molar-refractivity contribution < 1.29 is 0 Å². The van der Waals surface area contributed by atoms with Crippen LogP contribution < -0.4 is 5.32 Å². The standard InChI is InChI=1S/C17H31N3/c1-4-19-16(3,14-18)13-15(2)20-11-9-17(10-12-20)7-5-6-8-17/h15,19H,4-13H2,1-3H3. The van der Waals surface area contributed by atoms with E-state index < -0.39 is 0 Å². The quantitative estimate of drug-likeness (QED) is 0.838. The van der Waals surface area contributed by atoms with Crippen LogP contribution in [0.15, 0.2) is 0 Å². The van der Waals surface area contributed by atoms with Crippen molar-refractivity contribution in [2.45, 2.75) is 77.3 Å². The van der Waals surface area contributed by atoms with Gasteiger partial charge in [-0.05, 0) is 71.0 Å². The molecule has 0 bridgehead atoms. The molecule has 20 heavy (non-hydrogen) atoms.